The molecule has 0 heterocycles. The summed E-state index contributed by atoms with van der Waals surface area (Å²) in [5.41, 5.74) is 1.00. The van der Waals surface area contributed by atoms with Crippen LogP contribution in [0.25, 0.3) is 6.08 Å². The van der Waals surface area contributed by atoms with Crippen LogP contribution in [0.2, 0.25) is 5.02 Å². The van der Waals surface area contributed by atoms with E-state index in [9.17, 15) is 4.79 Å². The fourth-order valence-corrected chi connectivity index (χ4v) is 5.25. The van der Waals surface area contributed by atoms with Gasteiger partial charge in [-0.25, -0.2) is 0 Å². The van der Waals surface area contributed by atoms with Crippen molar-refractivity contribution in [3.05, 3.63) is 40.9 Å². The zero-order valence-corrected chi connectivity index (χ0v) is 13.4. The highest BCUT2D eigenvalue weighted by Gasteiger charge is 2.48. The Morgan fingerprint density at radius 3 is 2.18 bits per heavy atom. The second-order valence-corrected chi connectivity index (χ2v) is 7.79. The first-order valence-electron chi connectivity index (χ1n) is 8.41. The van der Waals surface area contributed by atoms with Crippen molar-refractivity contribution in [2.75, 3.05) is 0 Å². The number of hydrogen-bond acceptors (Lipinski definition) is 1. The van der Waals surface area contributed by atoms with Gasteiger partial charge in [0, 0.05) is 17.1 Å². The monoisotopic (exact) mass is 315 g/mol. The minimum Gasteiger partial charge on any atom is -0.349 e. The maximum atomic E-state index is 12.3. The standard InChI is InChI=1S/C19H22ClNO/c20-17-4-1-12(2-5-17)3-6-18(22)21-19-15-8-13-7-14(10-15)11-16(19)9-13/h1-6,13-16,19H,7-11H2,(H,21,22)/b6-3+. The van der Waals surface area contributed by atoms with Crippen molar-refractivity contribution in [1.82, 2.24) is 5.32 Å². The molecule has 0 atom stereocenters. The van der Waals surface area contributed by atoms with Gasteiger partial charge in [-0.15, -0.1) is 0 Å². The molecule has 1 amide bonds. The van der Waals surface area contributed by atoms with Crippen LogP contribution in [0, 0.1) is 23.7 Å². The summed E-state index contributed by atoms with van der Waals surface area (Å²) in [6, 6.07) is 7.95. The predicted molar refractivity (Wildman–Crippen MR) is 89.5 cm³/mol. The Bertz CT molecular complexity index is 564. The van der Waals surface area contributed by atoms with Crippen molar-refractivity contribution in [2.24, 2.45) is 23.7 Å². The molecule has 4 aliphatic rings. The summed E-state index contributed by atoms with van der Waals surface area (Å²) >= 11 is 5.87. The Labute approximate surface area is 136 Å². The quantitative estimate of drug-likeness (QED) is 0.828. The molecule has 4 saturated carbocycles. The van der Waals surface area contributed by atoms with Crippen molar-refractivity contribution in [3.63, 3.8) is 0 Å². The minimum atomic E-state index is 0.0485. The summed E-state index contributed by atoms with van der Waals surface area (Å²) in [5, 5.41) is 4.01. The molecule has 0 saturated heterocycles. The average molecular weight is 316 g/mol. The maximum absolute atomic E-state index is 12.3. The summed E-state index contributed by atoms with van der Waals surface area (Å²) in [4.78, 5) is 12.3. The van der Waals surface area contributed by atoms with Crippen LogP contribution in [0.15, 0.2) is 30.3 Å². The van der Waals surface area contributed by atoms with Crippen LogP contribution in [0.5, 0.6) is 0 Å². The van der Waals surface area contributed by atoms with Crippen LogP contribution < -0.4 is 5.32 Å². The lowest BCUT2D eigenvalue weighted by molar-refractivity contribution is -0.120. The van der Waals surface area contributed by atoms with Gasteiger partial charge < -0.3 is 5.32 Å². The molecule has 0 unspecified atom stereocenters. The van der Waals surface area contributed by atoms with E-state index >= 15 is 0 Å². The number of nitrogens with one attached hydrogen (secondary N) is 1. The minimum absolute atomic E-state index is 0.0485. The lowest BCUT2D eigenvalue weighted by atomic mass is 9.54. The van der Waals surface area contributed by atoms with Crippen LogP contribution in [0.4, 0.5) is 0 Å². The van der Waals surface area contributed by atoms with Gasteiger partial charge >= 0.3 is 0 Å². The third-order valence-electron chi connectivity index (χ3n) is 5.83. The first-order valence-corrected chi connectivity index (χ1v) is 8.79. The van der Waals surface area contributed by atoms with E-state index in [4.69, 9.17) is 11.6 Å². The third-order valence-corrected chi connectivity index (χ3v) is 6.08. The SMILES string of the molecule is O=C(/C=C/c1ccc(Cl)cc1)NC1C2CC3CC(C2)CC1C3. The molecule has 0 spiro atoms. The number of halogens is 1. The third kappa shape index (κ3) is 2.81. The molecule has 0 radical (unpaired) electrons. The van der Waals surface area contributed by atoms with Gasteiger partial charge in [-0.1, -0.05) is 23.7 Å². The van der Waals surface area contributed by atoms with E-state index in [-0.39, 0.29) is 5.91 Å². The normalized spacial score (nSPS) is 36.0. The summed E-state index contributed by atoms with van der Waals surface area (Å²) in [6.07, 6.45) is 10.3. The van der Waals surface area contributed by atoms with E-state index in [1.54, 1.807) is 6.08 Å². The van der Waals surface area contributed by atoms with Crippen molar-refractivity contribution in [1.29, 1.82) is 0 Å². The van der Waals surface area contributed by atoms with Crippen molar-refractivity contribution < 1.29 is 4.79 Å². The molecule has 1 N–H and O–H groups in total. The molecule has 1 aromatic carbocycles. The molecule has 116 valence electrons. The van der Waals surface area contributed by atoms with Crippen LogP contribution in [-0.4, -0.2) is 11.9 Å². The van der Waals surface area contributed by atoms with Crippen LogP contribution in [0.3, 0.4) is 0 Å². The average Bonchev–Trinajstić information content (AvgIpc) is 2.50. The largest absolute Gasteiger partial charge is 0.349 e. The van der Waals surface area contributed by atoms with Crippen molar-refractivity contribution >= 4 is 23.6 Å². The number of carbonyl (C=O) groups is 1. The highest BCUT2D eigenvalue weighted by Crippen LogP contribution is 2.53. The number of hydrogen-bond donors (Lipinski definition) is 1. The molecular weight excluding hydrogens is 294 g/mol. The molecule has 3 heteroatoms. The van der Waals surface area contributed by atoms with Gasteiger partial charge in [-0.05, 0) is 79.5 Å². The van der Waals surface area contributed by atoms with Gasteiger partial charge in [0.2, 0.25) is 5.91 Å². The molecular formula is C19H22ClNO. The first kappa shape index (κ1) is 14.3. The zero-order chi connectivity index (χ0) is 15.1. The van der Waals surface area contributed by atoms with Crippen LogP contribution >= 0.6 is 11.6 Å². The Morgan fingerprint density at radius 2 is 1.59 bits per heavy atom. The Hall–Kier alpha value is -1.28. The summed E-state index contributed by atoms with van der Waals surface area (Å²) in [6.45, 7) is 0. The van der Waals surface area contributed by atoms with E-state index in [2.05, 4.69) is 5.32 Å². The smallest absolute Gasteiger partial charge is 0.244 e. The van der Waals surface area contributed by atoms with Gasteiger partial charge in [0.25, 0.3) is 0 Å². The topological polar surface area (TPSA) is 29.1 Å². The van der Waals surface area contributed by atoms with Gasteiger partial charge in [0.1, 0.15) is 0 Å². The van der Waals surface area contributed by atoms with Gasteiger partial charge in [-0.3, -0.25) is 4.79 Å². The van der Waals surface area contributed by atoms with Crippen LogP contribution in [-0.2, 0) is 4.79 Å². The fraction of sp³-hybridized carbons (Fsp3) is 0.526. The Morgan fingerprint density at radius 1 is 1.00 bits per heavy atom. The zero-order valence-electron chi connectivity index (χ0n) is 12.7. The van der Waals surface area contributed by atoms with Gasteiger partial charge in [0.05, 0.1) is 0 Å². The lowest BCUT2D eigenvalue weighted by Gasteiger charge is -2.54. The highest BCUT2D eigenvalue weighted by molar-refractivity contribution is 6.30. The second-order valence-electron chi connectivity index (χ2n) is 7.35. The molecule has 0 aromatic heterocycles. The highest BCUT2D eigenvalue weighted by atomic mass is 35.5. The van der Waals surface area contributed by atoms with Crippen molar-refractivity contribution in [3.8, 4) is 0 Å². The van der Waals surface area contributed by atoms with E-state index in [0.29, 0.717) is 6.04 Å². The predicted octanol–water partition coefficient (Wildman–Crippen LogP) is 4.29. The summed E-state index contributed by atoms with van der Waals surface area (Å²) in [7, 11) is 0. The van der Waals surface area contributed by atoms with E-state index in [0.717, 1.165) is 34.3 Å². The number of amides is 1. The van der Waals surface area contributed by atoms with Crippen molar-refractivity contribution in [2.45, 2.75) is 38.1 Å². The molecule has 4 fully saturated rings. The molecule has 2 nitrogen and oxygen atoms in total. The summed E-state index contributed by atoms with van der Waals surface area (Å²) in [5.74, 6) is 3.39. The van der Waals surface area contributed by atoms with E-state index < -0.39 is 0 Å². The molecule has 5 rings (SSSR count). The van der Waals surface area contributed by atoms with E-state index in [1.165, 1.54) is 32.1 Å². The first-order chi connectivity index (χ1) is 10.7. The molecule has 22 heavy (non-hydrogen) atoms. The molecule has 1 aromatic rings. The Balaban J connectivity index is 1.39. The van der Waals surface area contributed by atoms with Gasteiger partial charge in [0.15, 0.2) is 0 Å². The second kappa shape index (κ2) is 5.73. The molecule has 4 bridgehead atoms. The van der Waals surface area contributed by atoms with E-state index in [1.807, 2.05) is 30.3 Å². The fourth-order valence-electron chi connectivity index (χ4n) is 5.12. The lowest BCUT2D eigenvalue weighted by Crippen LogP contribution is -2.55. The number of carbonyl (C=O) groups excluding carboxylic acids is 1. The number of rotatable bonds is 3. The molecule has 4 aliphatic carbocycles. The van der Waals surface area contributed by atoms with Gasteiger partial charge in [-0.2, -0.15) is 0 Å². The maximum Gasteiger partial charge on any atom is 0.244 e. The molecule has 0 aliphatic heterocycles. The van der Waals surface area contributed by atoms with Crippen LogP contribution in [0.1, 0.15) is 37.7 Å². The Kier molecular flexibility index (Phi) is 3.73. The summed E-state index contributed by atoms with van der Waals surface area (Å²) < 4.78 is 0. The number of benzene rings is 1.